The van der Waals surface area contributed by atoms with Gasteiger partial charge in [-0.15, -0.1) is 0 Å². The molecule has 1 aromatic rings. The van der Waals surface area contributed by atoms with Crippen LogP contribution in [0.15, 0.2) is 12.1 Å². The van der Waals surface area contributed by atoms with Crippen molar-refractivity contribution < 1.29 is 14.6 Å². The van der Waals surface area contributed by atoms with Gasteiger partial charge in [-0.05, 0) is 37.8 Å². The van der Waals surface area contributed by atoms with E-state index in [4.69, 9.17) is 9.84 Å². The molecule has 1 aliphatic carbocycles. The maximum atomic E-state index is 10.9. The van der Waals surface area contributed by atoms with Crippen LogP contribution in [-0.4, -0.2) is 18.2 Å². The number of rotatable bonds is 4. The van der Waals surface area contributed by atoms with Crippen LogP contribution in [0.2, 0.25) is 0 Å². The maximum Gasteiger partial charge on any atom is 0.304 e. The van der Waals surface area contributed by atoms with Crippen molar-refractivity contribution in [1.29, 1.82) is 0 Å². The Morgan fingerprint density at radius 3 is 2.53 bits per heavy atom. The number of carbonyl (C=O) groups is 1. The molecule has 0 heterocycles. The standard InChI is InChI=1S/C14H18O3/c1-9-4-5-11(13(17-3)10(9)2)14(6-7-14)8-12(15)16/h4-5H,6-8H2,1-3H3,(H,15,16). The summed E-state index contributed by atoms with van der Waals surface area (Å²) in [7, 11) is 1.65. The highest BCUT2D eigenvalue weighted by molar-refractivity contribution is 5.71. The Labute approximate surface area is 101 Å². The summed E-state index contributed by atoms with van der Waals surface area (Å²) >= 11 is 0. The molecule has 1 aromatic carbocycles. The first-order valence-corrected chi connectivity index (χ1v) is 5.87. The molecule has 0 radical (unpaired) electrons. The fourth-order valence-electron chi connectivity index (χ4n) is 2.45. The molecule has 1 N–H and O–H groups in total. The molecule has 0 amide bonds. The van der Waals surface area contributed by atoms with E-state index in [9.17, 15) is 4.79 Å². The van der Waals surface area contributed by atoms with Gasteiger partial charge in [0.05, 0.1) is 13.5 Å². The molecule has 3 nitrogen and oxygen atoms in total. The van der Waals surface area contributed by atoms with E-state index < -0.39 is 5.97 Å². The molecule has 2 rings (SSSR count). The molecule has 0 aliphatic heterocycles. The third kappa shape index (κ3) is 2.02. The molecular weight excluding hydrogens is 216 g/mol. The van der Waals surface area contributed by atoms with Crippen molar-refractivity contribution in [3.8, 4) is 5.75 Å². The van der Waals surface area contributed by atoms with Gasteiger partial charge in [0, 0.05) is 11.0 Å². The molecule has 0 bridgehead atoms. The van der Waals surface area contributed by atoms with E-state index in [1.807, 2.05) is 19.9 Å². The van der Waals surface area contributed by atoms with Crippen LogP contribution in [0, 0.1) is 13.8 Å². The Morgan fingerprint density at radius 1 is 1.41 bits per heavy atom. The van der Waals surface area contributed by atoms with Gasteiger partial charge in [0.1, 0.15) is 5.75 Å². The Morgan fingerprint density at radius 2 is 2.06 bits per heavy atom. The fraction of sp³-hybridized carbons (Fsp3) is 0.500. The van der Waals surface area contributed by atoms with E-state index in [0.29, 0.717) is 0 Å². The zero-order valence-electron chi connectivity index (χ0n) is 10.5. The van der Waals surface area contributed by atoms with Crippen LogP contribution in [0.1, 0.15) is 36.0 Å². The van der Waals surface area contributed by atoms with Gasteiger partial charge in [-0.3, -0.25) is 4.79 Å². The van der Waals surface area contributed by atoms with Crippen molar-refractivity contribution in [3.05, 3.63) is 28.8 Å². The minimum absolute atomic E-state index is 0.185. The number of hydrogen-bond acceptors (Lipinski definition) is 2. The van der Waals surface area contributed by atoms with Crippen LogP contribution in [0.3, 0.4) is 0 Å². The highest BCUT2D eigenvalue weighted by Gasteiger charge is 2.47. The molecule has 92 valence electrons. The van der Waals surface area contributed by atoms with Crippen LogP contribution >= 0.6 is 0 Å². The number of hydrogen-bond donors (Lipinski definition) is 1. The van der Waals surface area contributed by atoms with E-state index >= 15 is 0 Å². The Balaban J connectivity index is 2.46. The summed E-state index contributed by atoms with van der Waals surface area (Å²) in [6.45, 7) is 4.06. The largest absolute Gasteiger partial charge is 0.496 e. The van der Waals surface area contributed by atoms with Gasteiger partial charge in [0.25, 0.3) is 0 Å². The van der Waals surface area contributed by atoms with Crippen LogP contribution in [0.25, 0.3) is 0 Å². The van der Waals surface area contributed by atoms with Crippen molar-refractivity contribution in [2.75, 3.05) is 7.11 Å². The molecule has 0 spiro atoms. The van der Waals surface area contributed by atoms with Crippen LogP contribution < -0.4 is 4.74 Å². The maximum absolute atomic E-state index is 10.9. The minimum Gasteiger partial charge on any atom is -0.496 e. The van der Waals surface area contributed by atoms with E-state index in [-0.39, 0.29) is 11.8 Å². The predicted molar refractivity (Wildman–Crippen MR) is 65.6 cm³/mol. The monoisotopic (exact) mass is 234 g/mol. The highest BCUT2D eigenvalue weighted by atomic mass is 16.5. The highest BCUT2D eigenvalue weighted by Crippen LogP contribution is 2.54. The second-order valence-corrected chi connectivity index (χ2v) is 4.94. The van der Waals surface area contributed by atoms with Gasteiger partial charge in [0.15, 0.2) is 0 Å². The first-order chi connectivity index (χ1) is 8.00. The molecule has 3 heteroatoms. The number of ether oxygens (including phenoxy) is 1. The lowest BCUT2D eigenvalue weighted by molar-refractivity contribution is -0.137. The first-order valence-electron chi connectivity index (χ1n) is 5.87. The normalized spacial score (nSPS) is 16.6. The summed E-state index contributed by atoms with van der Waals surface area (Å²) in [5.41, 5.74) is 3.17. The summed E-state index contributed by atoms with van der Waals surface area (Å²) in [6.07, 6.45) is 2.09. The average Bonchev–Trinajstić information content (AvgIpc) is 3.01. The summed E-state index contributed by atoms with van der Waals surface area (Å²) in [4.78, 5) is 10.9. The van der Waals surface area contributed by atoms with Crippen molar-refractivity contribution >= 4 is 5.97 Å². The van der Waals surface area contributed by atoms with Crippen molar-refractivity contribution in [3.63, 3.8) is 0 Å². The van der Waals surface area contributed by atoms with Gasteiger partial charge in [-0.2, -0.15) is 0 Å². The van der Waals surface area contributed by atoms with Gasteiger partial charge in [-0.1, -0.05) is 12.1 Å². The lowest BCUT2D eigenvalue weighted by Crippen LogP contribution is -2.14. The molecule has 0 unspecified atom stereocenters. The van der Waals surface area contributed by atoms with Gasteiger partial charge < -0.3 is 9.84 Å². The molecule has 0 saturated heterocycles. The zero-order chi connectivity index (χ0) is 12.6. The third-order valence-corrected chi connectivity index (χ3v) is 3.80. The van der Waals surface area contributed by atoms with Crippen molar-refractivity contribution in [2.45, 2.75) is 38.5 Å². The summed E-state index contributed by atoms with van der Waals surface area (Å²) in [6, 6.07) is 4.08. The number of aryl methyl sites for hydroxylation is 1. The second kappa shape index (κ2) is 4.06. The summed E-state index contributed by atoms with van der Waals surface area (Å²) in [5.74, 6) is 0.131. The Kier molecular flexibility index (Phi) is 2.86. The molecule has 17 heavy (non-hydrogen) atoms. The number of aliphatic carboxylic acids is 1. The zero-order valence-corrected chi connectivity index (χ0v) is 10.5. The number of carboxylic acids is 1. The van der Waals surface area contributed by atoms with Crippen LogP contribution in [0.4, 0.5) is 0 Å². The predicted octanol–water partition coefficient (Wildman–Crippen LogP) is 2.82. The molecule has 1 fully saturated rings. The lowest BCUT2D eigenvalue weighted by atomic mass is 9.89. The second-order valence-electron chi connectivity index (χ2n) is 4.94. The first kappa shape index (κ1) is 12.0. The SMILES string of the molecule is COc1c(C2(CC(=O)O)CC2)ccc(C)c1C. The van der Waals surface area contributed by atoms with E-state index in [1.165, 1.54) is 5.56 Å². The average molecular weight is 234 g/mol. The molecule has 1 aliphatic rings. The molecule has 1 saturated carbocycles. The quantitative estimate of drug-likeness (QED) is 0.871. The Bertz CT molecular complexity index is 459. The number of benzene rings is 1. The third-order valence-electron chi connectivity index (χ3n) is 3.80. The van der Waals surface area contributed by atoms with Crippen LogP contribution in [-0.2, 0) is 10.2 Å². The van der Waals surface area contributed by atoms with Gasteiger partial charge >= 0.3 is 5.97 Å². The van der Waals surface area contributed by atoms with E-state index in [2.05, 4.69) is 6.07 Å². The van der Waals surface area contributed by atoms with Crippen LogP contribution in [0.5, 0.6) is 5.75 Å². The Hall–Kier alpha value is -1.51. The fourth-order valence-corrected chi connectivity index (χ4v) is 2.45. The molecule has 0 atom stereocenters. The van der Waals surface area contributed by atoms with Crippen molar-refractivity contribution in [1.82, 2.24) is 0 Å². The van der Waals surface area contributed by atoms with E-state index in [1.54, 1.807) is 7.11 Å². The molecular formula is C14H18O3. The van der Waals surface area contributed by atoms with Crippen molar-refractivity contribution in [2.24, 2.45) is 0 Å². The lowest BCUT2D eigenvalue weighted by Gasteiger charge is -2.19. The van der Waals surface area contributed by atoms with Gasteiger partial charge in [-0.25, -0.2) is 0 Å². The van der Waals surface area contributed by atoms with E-state index in [0.717, 1.165) is 29.7 Å². The number of carboxylic acid groups (broad SMARTS) is 1. The topological polar surface area (TPSA) is 46.5 Å². The van der Waals surface area contributed by atoms with Gasteiger partial charge in [0.2, 0.25) is 0 Å². The summed E-state index contributed by atoms with van der Waals surface area (Å²) < 4.78 is 5.47. The molecule has 0 aromatic heterocycles. The number of methoxy groups -OCH3 is 1. The minimum atomic E-state index is -0.734. The summed E-state index contributed by atoms with van der Waals surface area (Å²) in [5, 5.41) is 9.00. The smallest absolute Gasteiger partial charge is 0.304 e.